The number of hydrogen-bond acceptors (Lipinski definition) is 4. The maximum atomic E-state index is 12.1. The highest BCUT2D eigenvalue weighted by atomic mass is 35.5. The Balaban J connectivity index is 3.04. The van der Waals surface area contributed by atoms with E-state index in [0.717, 1.165) is 6.92 Å². The minimum atomic E-state index is -3.91. The van der Waals surface area contributed by atoms with Crippen molar-refractivity contribution < 1.29 is 23.1 Å². The van der Waals surface area contributed by atoms with Gasteiger partial charge in [-0.2, -0.15) is 0 Å². The van der Waals surface area contributed by atoms with Gasteiger partial charge in [0.15, 0.2) is 9.84 Å². The van der Waals surface area contributed by atoms with Gasteiger partial charge in [-0.25, -0.2) is 13.2 Å². The largest absolute Gasteiger partial charge is 0.480 e. The van der Waals surface area contributed by atoms with Crippen molar-refractivity contribution in [3.8, 4) is 0 Å². The van der Waals surface area contributed by atoms with Gasteiger partial charge in [-0.3, -0.25) is 4.79 Å². The maximum absolute atomic E-state index is 12.1. The fourth-order valence-corrected chi connectivity index (χ4v) is 3.41. The van der Waals surface area contributed by atoms with Crippen LogP contribution in [0.25, 0.3) is 0 Å². The highest BCUT2D eigenvalue weighted by Gasteiger charge is 2.28. The van der Waals surface area contributed by atoms with Gasteiger partial charge in [-0.05, 0) is 12.1 Å². The van der Waals surface area contributed by atoms with E-state index in [2.05, 4.69) is 5.32 Å². The molecule has 0 heterocycles. The van der Waals surface area contributed by atoms with E-state index in [1.54, 1.807) is 6.07 Å². The zero-order valence-electron chi connectivity index (χ0n) is 9.96. The first kappa shape index (κ1) is 15.5. The van der Waals surface area contributed by atoms with Crippen LogP contribution in [-0.4, -0.2) is 37.2 Å². The summed E-state index contributed by atoms with van der Waals surface area (Å²) in [7, 11) is -3.91. The van der Waals surface area contributed by atoms with Gasteiger partial charge in [0.1, 0.15) is 6.04 Å². The molecule has 0 aliphatic carbocycles. The second kappa shape index (κ2) is 6.03. The fraction of sp³-hybridized carbons (Fsp3) is 0.273. The molecule has 6 nitrogen and oxygen atoms in total. The van der Waals surface area contributed by atoms with Crippen molar-refractivity contribution in [1.82, 2.24) is 5.32 Å². The van der Waals surface area contributed by atoms with Crippen LogP contribution in [-0.2, 0) is 19.4 Å². The average molecular weight is 306 g/mol. The summed E-state index contributed by atoms with van der Waals surface area (Å²) in [4.78, 5) is 21.6. The number of carboxylic acid groups (broad SMARTS) is 1. The first-order valence-corrected chi connectivity index (χ1v) is 7.24. The molecule has 2 N–H and O–H groups in total. The van der Waals surface area contributed by atoms with E-state index in [1.807, 2.05) is 0 Å². The third-order valence-corrected chi connectivity index (χ3v) is 4.47. The number of sulfone groups is 1. The van der Waals surface area contributed by atoms with E-state index in [0.29, 0.717) is 0 Å². The van der Waals surface area contributed by atoms with Crippen LogP contribution in [0.4, 0.5) is 0 Å². The smallest absolute Gasteiger partial charge is 0.327 e. The third kappa shape index (κ3) is 4.22. The molecule has 8 heteroatoms. The predicted octanol–water partition coefficient (Wildman–Crippen LogP) is 0.703. The van der Waals surface area contributed by atoms with E-state index in [-0.39, 0.29) is 9.92 Å². The second-order valence-corrected chi connectivity index (χ2v) is 6.21. The highest BCUT2D eigenvalue weighted by molar-refractivity contribution is 7.91. The highest BCUT2D eigenvalue weighted by Crippen LogP contribution is 2.22. The summed E-state index contributed by atoms with van der Waals surface area (Å²) in [6.45, 7) is 1.11. The fourth-order valence-electron chi connectivity index (χ4n) is 1.43. The first-order chi connectivity index (χ1) is 8.74. The molecule has 1 rings (SSSR count). The summed E-state index contributed by atoms with van der Waals surface area (Å²) in [5.74, 6) is -2.81. The summed E-state index contributed by atoms with van der Waals surface area (Å²) in [5.41, 5.74) is 0. The molecule has 19 heavy (non-hydrogen) atoms. The Hall–Kier alpha value is -1.60. The number of carbonyl (C=O) groups excluding carboxylic acids is 1. The maximum Gasteiger partial charge on any atom is 0.327 e. The Kier molecular flexibility index (Phi) is 4.90. The van der Waals surface area contributed by atoms with Crippen molar-refractivity contribution in [2.75, 3.05) is 5.75 Å². The number of halogens is 1. The Morgan fingerprint density at radius 3 is 2.42 bits per heavy atom. The van der Waals surface area contributed by atoms with E-state index in [4.69, 9.17) is 16.7 Å². The number of benzene rings is 1. The zero-order chi connectivity index (χ0) is 14.6. The Labute approximate surface area is 115 Å². The molecule has 1 unspecified atom stereocenters. The molecule has 1 amide bonds. The van der Waals surface area contributed by atoms with Crippen LogP contribution in [0.2, 0.25) is 5.02 Å². The minimum Gasteiger partial charge on any atom is -0.480 e. The molecule has 0 aliphatic heterocycles. The van der Waals surface area contributed by atoms with Crippen LogP contribution in [0.5, 0.6) is 0 Å². The van der Waals surface area contributed by atoms with Gasteiger partial charge in [0.05, 0.1) is 15.7 Å². The molecule has 1 aromatic carbocycles. The molecule has 0 saturated carbocycles. The summed E-state index contributed by atoms with van der Waals surface area (Å²) in [6.07, 6.45) is 0. The number of carboxylic acids is 1. The summed E-state index contributed by atoms with van der Waals surface area (Å²) in [6, 6.07) is 4.20. The molecule has 0 bridgehead atoms. The second-order valence-electron chi connectivity index (χ2n) is 3.80. The van der Waals surface area contributed by atoms with Crippen LogP contribution >= 0.6 is 11.6 Å². The molecule has 1 atom stereocenters. The van der Waals surface area contributed by atoms with Crippen molar-refractivity contribution in [3.63, 3.8) is 0 Å². The van der Waals surface area contributed by atoms with Gasteiger partial charge in [-0.1, -0.05) is 23.7 Å². The van der Waals surface area contributed by atoms with Gasteiger partial charge in [0, 0.05) is 6.92 Å². The molecule has 104 valence electrons. The van der Waals surface area contributed by atoms with Crippen molar-refractivity contribution in [1.29, 1.82) is 0 Å². The van der Waals surface area contributed by atoms with E-state index >= 15 is 0 Å². The SMILES string of the molecule is CC(=O)NC(CS(=O)(=O)c1ccccc1Cl)C(=O)O. The van der Waals surface area contributed by atoms with Crippen LogP contribution in [0.3, 0.4) is 0 Å². The molecular weight excluding hydrogens is 294 g/mol. The standard InChI is InChI=1S/C11H12ClNO5S/c1-7(14)13-9(11(15)16)6-19(17,18)10-5-3-2-4-8(10)12/h2-5,9H,6H2,1H3,(H,13,14)(H,15,16). The third-order valence-electron chi connectivity index (χ3n) is 2.23. The number of nitrogens with one attached hydrogen (secondary N) is 1. The average Bonchev–Trinajstić information content (AvgIpc) is 2.27. The Morgan fingerprint density at radius 1 is 1.37 bits per heavy atom. The molecule has 0 saturated heterocycles. The van der Waals surface area contributed by atoms with Crippen LogP contribution in [0.15, 0.2) is 29.2 Å². The summed E-state index contributed by atoms with van der Waals surface area (Å²) < 4.78 is 24.1. The molecule has 1 aromatic rings. The lowest BCUT2D eigenvalue weighted by atomic mass is 10.3. The monoisotopic (exact) mass is 305 g/mol. The van der Waals surface area contributed by atoms with E-state index in [9.17, 15) is 18.0 Å². The molecule has 0 aliphatic rings. The van der Waals surface area contributed by atoms with Gasteiger partial charge >= 0.3 is 5.97 Å². The lowest BCUT2D eigenvalue weighted by Crippen LogP contribution is -2.44. The Morgan fingerprint density at radius 2 is 1.95 bits per heavy atom. The number of rotatable bonds is 5. The van der Waals surface area contributed by atoms with Crippen molar-refractivity contribution in [2.45, 2.75) is 17.9 Å². The topological polar surface area (TPSA) is 101 Å². The number of hydrogen-bond donors (Lipinski definition) is 2. The first-order valence-electron chi connectivity index (χ1n) is 5.21. The summed E-state index contributed by atoms with van der Waals surface area (Å²) >= 11 is 5.76. The van der Waals surface area contributed by atoms with Gasteiger partial charge in [0.2, 0.25) is 5.91 Å². The van der Waals surface area contributed by atoms with E-state index in [1.165, 1.54) is 18.2 Å². The number of carbonyl (C=O) groups is 2. The predicted molar refractivity (Wildman–Crippen MR) is 68.7 cm³/mol. The summed E-state index contributed by atoms with van der Waals surface area (Å²) in [5, 5.41) is 11.0. The lowest BCUT2D eigenvalue weighted by Gasteiger charge is -2.14. The van der Waals surface area contributed by atoms with Gasteiger partial charge in [-0.15, -0.1) is 0 Å². The van der Waals surface area contributed by atoms with Crippen molar-refractivity contribution in [3.05, 3.63) is 29.3 Å². The zero-order valence-corrected chi connectivity index (χ0v) is 11.5. The van der Waals surface area contributed by atoms with Gasteiger partial charge in [0.25, 0.3) is 0 Å². The quantitative estimate of drug-likeness (QED) is 0.834. The van der Waals surface area contributed by atoms with Crippen LogP contribution in [0.1, 0.15) is 6.92 Å². The van der Waals surface area contributed by atoms with Crippen LogP contribution < -0.4 is 5.32 Å². The molecule has 0 spiro atoms. The number of aliphatic carboxylic acids is 1. The van der Waals surface area contributed by atoms with Gasteiger partial charge < -0.3 is 10.4 Å². The molecule has 0 radical (unpaired) electrons. The van der Waals surface area contributed by atoms with Crippen LogP contribution in [0, 0.1) is 0 Å². The lowest BCUT2D eigenvalue weighted by molar-refractivity contribution is -0.140. The van der Waals surface area contributed by atoms with Crippen molar-refractivity contribution >= 4 is 33.3 Å². The molecule has 0 fully saturated rings. The van der Waals surface area contributed by atoms with E-state index < -0.39 is 33.5 Å². The minimum absolute atomic E-state index is 0.00876. The molecule has 0 aromatic heterocycles. The normalized spacial score (nSPS) is 12.7. The number of amides is 1. The molecular formula is C11H12ClNO5S. The van der Waals surface area contributed by atoms with Crippen molar-refractivity contribution in [2.24, 2.45) is 0 Å². The Bertz CT molecular complexity index is 599.